The van der Waals surface area contributed by atoms with Gasteiger partial charge in [0.2, 0.25) is 0 Å². The highest BCUT2D eigenvalue weighted by Crippen LogP contribution is 2.19. The number of likely N-dealkylation sites (tertiary alicyclic amines) is 1. The average Bonchev–Trinajstić information content (AvgIpc) is 2.40. The molecule has 0 spiro atoms. The third-order valence-electron chi connectivity index (χ3n) is 3.43. The van der Waals surface area contributed by atoms with Gasteiger partial charge in [-0.05, 0) is 37.1 Å². The van der Waals surface area contributed by atoms with E-state index in [0.29, 0.717) is 11.6 Å². The van der Waals surface area contributed by atoms with Gasteiger partial charge in [-0.2, -0.15) is 5.26 Å². The first kappa shape index (κ1) is 12.1. The van der Waals surface area contributed by atoms with Crippen LogP contribution < -0.4 is 0 Å². The second kappa shape index (κ2) is 5.81. The Bertz CT molecular complexity index is 394. The lowest BCUT2D eigenvalue weighted by molar-refractivity contribution is 0.0841. The first-order valence-electron chi connectivity index (χ1n) is 6.17. The van der Waals surface area contributed by atoms with Crippen molar-refractivity contribution >= 4 is 0 Å². The minimum absolute atomic E-state index is 0.246. The van der Waals surface area contributed by atoms with E-state index in [0.717, 1.165) is 19.5 Å². The van der Waals surface area contributed by atoms with E-state index in [1.54, 1.807) is 0 Å². The molecule has 0 aromatic heterocycles. The van der Waals surface area contributed by atoms with Crippen LogP contribution in [-0.2, 0) is 6.54 Å². The van der Waals surface area contributed by atoms with Gasteiger partial charge in [-0.1, -0.05) is 18.6 Å². The molecule has 1 saturated heterocycles. The van der Waals surface area contributed by atoms with Crippen LogP contribution in [-0.4, -0.2) is 29.2 Å². The molecule has 2 rings (SSSR count). The molecule has 0 saturated carbocycles. The van der Waals surface area contributed by atoms with E-state index in [1.165, 1.54) is 18.4 Å². The van der Waals surface area contributed by atoms with Crippen molar-refractivity contribution in [3.05, 3.63) is 35.4 Å². The fourth-order valence-corrected chi connectivity index (χ4v) is 2.39. The van der Waals surface area contributed by atoms with Crippen molar-refractivity contribution in [3.8, 4) is 6.07 Å². The van der Waals surface area contributed by atoms with Gasteiger partial charge < -0.3 is 5.11 Å². The van der Waals surface area contributed by atoms with Gasteiger partial charge in [0.25, 0.3) is 0 Å². The van der Waals surface area contributed by atoms with Crippen LogP contribution in [0, 0.1) is 11.3 Å². The predicted octanol–water partition coefficient (Wildman–Crippen LogP) is 1.91. The number of rotatable bonds is 3. The Hall–Kier alpha value is -1.37. The summed E-state index contributed by atoms with van der Waals surface area (Å²) in [5, 5.41) is 18.1. The van der Waals surface area contributed by atoms with Crippen LogP contribution in [0.3, 0.4) is 0 Å². The van der Waals surface area contributed by atoms with Gasteiger partial charge in [-0.3, -0.25) is 4.90 Å². The molecule has 1 aromatic carbocycles. The van der Waals surface area contributed by atoms with Crippen LogP contribution >= 0.6 is 0 Å². The maximum Gasteiger partial charge on any atom is 0.0991 e. The highest BCUT2D eigenvalue weighted by atomic mass is 16.3. The van der Waals surface area contributed by atoms with Gasteiger partial charge in [0.15, 0.2) is 0 Å². The summed E-state index contributed by atoms with van der Waals surface area (Å²) in [7, 11) is 0. The summed E-state index contributed by atoms with van der Waals surface area (Å²) in [6, 6.07) is 10.1. The van der Waals surface area contributed by atoms with Gasteiger partial charge in [0.05, 0.1) is 18.2 Å². The van der Waals surface area contributed by atoms with Crippen molar-refractivity contribution in [2.24, 2.45) is 0 Å². The molecule has 1 aliphatic heterocycles. The molecule has 1 fully saturated rings. The molecule has 0 amide bonds. The number of aliphatic hydroxyl groups is 1. The third kappa shape index (κ3) is 3.06. The lowest BCUT2D eigenvalue weighted by Gasteiger charge is -2.34. The summed E-state index contributed by atoms with van der Waals surface area (Å²) in [6.07, 6.45) is 3.52. The quantitative estimate of drug-likeness (QED) is 0.862. The van der Waals surface area contributed by atoms with E-state index in [2.05, 4.69) is 11.0 Å². The van der Waals surface area contributed by atoms with E-state index in [-0.39, 0.29) is 6.61 Å². The minimum Gasteiger partial charge on any atom is -0.395 e. The molecule has 1 atom stereocenters. The number of hydrogen-bond donors (Lipinski definition) is 1. The van der Waals surface area contributed by atoms with Crippen LogP contribution in [0.15, 0.2) is 24.3 Å². The molecule has 1 aliphatic rings. The monoisotopic (exact) mass is 230 g/mol. The third-order valence-corrected chi connectivity index (χ3v) is 3.43. The van der Waals surface area contributed by atoms with E-state index in [9.17, 15) is 5.11 Å². The number of benzene rings is 1. The first-order chi connectivity index (χ1) is 8.33. The summed E-state index contributed by atoms with van der Waals surface area (Å²) in [5.41, 5.74) is 1.91. The van der Waals surface area contributed by atoms with Crippen LogP contribution in [0.5, 0.6) is 0 Å². The lowest BCUT2D eigenvalue weighted by Crippen LogP contribution is -2.41. The Morgan fingerprint density at radius 3 is 2.71 bits per heavy atom. The Morgan fingerprint density at radius 2 is 2.06 bits per heavy atom. The largest absolute Gasteiger partial charge is 0.395 e. The summed E-state index contributed by atoms with van der Waals surface area (Å²) >= 11 is 0. The molecule has 0 radical (unpaired) electrons. The SMILES string of the molecule is N#Cc1ccc(CN2CCCC[C@H]2CO)cc1. The number of nitriles is 1. The summed E-state index contributed by atoms with van der Waals surface area (Å²) in [4.78, 5) is 2.34. The molecule has 90 valence electrons. The molecule has 0 bridgehead atoms. The molecule has 1 aromatic rings. The smallest absolute Gasteiger partial charge is 0.0991 e. The zero-order valence-corrected chi connectivity index (χ0v) is 9.97. The normalized spacial score (nSPS) is 21.1. The van der Waals surface area contributed by atoms with Gasteiger partial charge in [-0.15, -0.1) is 0 Å². The maximum absolute atomic E-state index is 9.34. The van der Waals surface area contributed by atoms with E-state index in [4.69, 9.17) is 5.26 Å². The predicted molar refractivity (Wildman–Crippen MR) is 66.3 cm³/mol. The first-order valence-corrected chi connectivity index (χ1v) is 6.17. The summed E-state index contributed by atoms with van der Waals surface area (Å²) in [6.45, 7) is 2.18. The molecular formula is C14H18N2O. The number of nitrogens with zero attached hydrogens (tertiary/aromatic N) is 2. The highest BCUT2D eigenvalue weighted by Gasteiger charge is 2.21. The van der Waals surface area contributed by atoms with Crippen molar-refractivity contribution in [3.63, 3.8) is 0 Å². The Labute approximate surface area is 102 Å². The zero-order valence-electron chi connectivity index (χ0n) is 9.97. The molecular weight excluding hydrogens is 212 g/mol. The zero-order chi connectivity index (χ0) is 12.1. The molecule has 0 aliphatic carbocycles. The molecule has 0 unspecified atom stereocenters. The van der Waals surface area contributed by atoms with Gasteiger partial charge >= 0.3 is 0 Å². The standard InChI is InChI=1S/C14H18N2O/c15-9-12-4-6-13(7-5-12)10-16-8-2-1-3-14(16)11-17/h4-7,14,17H,1-3,8,10-11H2/t14-/m0/s1. The van der Waals surface area contributed by atoms with Gasteiger partial charge in [0.1, 0.15) is 0 Å². The average molecular weight is 230 g/mol. The minimum atomic E-state index is 0.246. The topological polar surface area (TPSA) is 47.3 Å². The number of aliphatic hydroxyl groups excluding tert-OH is 1. The molecule has 3 heteroatoms. The van der Waals surface area contributed by atoms with Crippen LogP contribution in [0.2, 0.25) is 0 Å². The van der Waals surface area contributed by atoms with Crippen molar-refractivity contribution in [2.75, 3.05) is 13.2 Å². The number of piperidine rings is 1. The van der Waals surface area contributed by atoms with Gasteiger partial charge in [-0.25, -0.2) is 0 Å². The van der Waals surface area contributed by atoms with E-state index >= 15 is 0 Å². The highest BCUT2D eigenvalue weighted by molar-refractivity contribution is 5.31. The summed E-state index contributed by atoms with van der Waals surface area (Å²) in [5.74, 6) is 0. The van der Waals surface area contributed by atoms with Crippen molar-refractivity contribution in [1.29, 1.82) is 5.26 Å². The molecule has 1 N–H and O–H groups in total. The molecule has 3 nitrogen and oxygen atoms in total. The maximum atomic E-state index is 9.34. The second-order valence-corrected chi connectivity index (χ2v) is 4.61. The van der Waals surface area contributed by atoms with Crippen LogP contribution in [0.25, 0.3) is 0 Å². The van der Waals surface area contributed by atoms with Crippen LogP contribution in [0.4, 0.5) is 0 Å². The molecule has 1 heterocycles. The lowest BCUT2D eigenvalue weighted by atomic mass is 10.0. The van der Waals surface area contributed by atoms with Crippen molar-refractivity contribution in [1.82, 2.24) is 4.90 Å². The molecule has 17 heavy (non-hydrogen) atoms. The van der Waals surface area contributed by atoms with Crippen LogP contribution in [0.1, 0.15) is 30.4 Å². The fraction of sp³-hybridized carbons (Fsp3) is 0.500. The Kier molecular flexibility index (Phi) is 4.13. The fourth-order valence-electron chi connectivity index (χ4n) is 2.39. The Balaban J connectivity index is 2.01. The number of hydrogen-bond acceptors (Lipinski definition) is 3. The van der Waals surface area contributed by atoms with Gasteiger partial charge in [0, 0.05) is 12.6 Å². The van der Waals surface area contributed by atoms with Crippen molar-refractivity contribution < 1.29 is 5.11 Å². The van der Waals surface area contributed by atoms with E-state index < -0.39 is 0 Å². The van der Waals surface area contributed by atoms with E-state index in [1.807, 2.05) is 24.3 Å². The second-order valence-electron chi connectivity index (χ2n) is 4.61. The summed E-state index contributed by atoms with van der Waals surface area (Å²) < 4.78 is 0. The Morgan fingerprint density at radius 1 is 1.29 bits per heavy atom. The van der Waals surface area contributed by atoms with Crippen molar-refractivity contribution in [2.45, 2.75) is 31.8 Å².